The molecular weight excluding hydrogens is 412 g/mol. The Morgan fingerprint density at radius 1 is 1.26 bits per heavy atom. The Hall–Kier alpha value is -2.16. The largest absolute Gasteiger partial charge is 0.349 e. The predicted octanol–water partition coefficient (Wildman–Crippen LogP) is 6.18. The number of hydrogen-bond donors (Lipinski definition) is 1. The minimum Gasteiger partial charge on any atom is -0.349 e. The Morgan fingerprint density at radius 2 is 2.03 bits per heavy atom. The van der Waals surface area contributed by atoms with Crippen LogP contribution in [0.3, 0.4) is 0 Å². The van der Waals surface area contributed by atoms with Crippen LogP contribution in [0.2, 0.25) is 0 Å². The van der Waals surface area contributed by atoms with E-state index >= 15 is 0 Å². The van der Waals surface area contributed by atoms with E-state index in [0.717, 1.165) is 47.9 Å². The first-order chi connectivity index (χ1) is 14.8. The van der Waals surface area contributed by atoms with E-state index < -0.39 is 18.6 Å². The van der Waals surface area contributed by atoms with Gasteiger partial charge in [0.15, 0.2) is 0 Å². The van der Waals surface area contributed by atoms with Crippen LogP contribution in [0.4, 0.5) is 23.5 Å². The summed E-state index contributed by atoms with van der Waals surface area (Å²) >= 11 is 0. The molecule has 0 aliphatic heterocycles. The lowest BCUT2D eigenvalue weighted by Gasteiger charge is -2.24. The van der Waals surface area contributed by atoms with Crippen LogP contribution >= 0.6 is 0 Å². The molecule has 5 nitrogen and oxygen atoms in total. The SMILES string of the molecule is C[C@@H](COC(F)F)Nc1ncc2c(C3=CCC(F)(F)CC3)cn(C3CCCCC3)c2n1. The molecular formula is C22H28F4N4O. The molecule has 9 heteroatoms. The summed E-state index contributed by atoms with van der Waals surface area (Å²) in [5.74, 6) is -2.31. The first-order valence-corrected chi connectivity index (χ1v) is 10.9. The second-order valence-corrected chi connectivity index (χ2v) is 8.60. The quantitative estimate of drug-likeness (QED) is 0.523. The number of allylic oxidation sites excluding steroid dienone is 2. The molecule has 2 heterocycles. The fraction of sp³-hybridized carbons (Fsp3) is 0.636. The van der Waals surface area contributed by atoms with Gasteiger partial charge < -0.3 is 14.6 Å². The molecule has 2 aromatic rings. The molecule has 1 fully saturated rings. The van der Waals surface area contributed by atoms with Gasteiger partial charge in [0.2, 0.25) is 5.95 Å². The third-order valence-electron chi connectivity index (χ3n) is 6.14. The van der Waals surface area contributed by atoms with Crippen molar-refractivity contribution in [3.8, 4) is 0 Å². The van der Waals surface area contributed by atoms with Crippen LogP contribution in [0.5, 0.6) is 0 Å². The smallest absolute Gasteiger partial charge is 0.345 e. The molecule has 1 atom stereocenters. The maximum Gasteiger partial charge on any atom is 0.345 e. The van der Waals surface area contributed by atoms with Crippen LogP contribution in [0.25, 0.3) is 16.6 Å². The molecule has 2 aromatic heterocycles. The van der Waals surface area contributed by atoms with E-state index in [4.69, 9.17) is 0 Å². The summed E-state index contributed by atoms with van der Waals surface area (Å²) in [5, 5.41) is 3.85. The minimum atomic E-state index is -2.82. The monoisotopic (exact) mass is 440 g/mol. The van der Waals surface area contributed by atoms with E-state index in [1.54, 1.807) is 19.2 Å². The Bertz CT molecular complexity index is 937. The summed E-state index contributed by atoms with van der Waals surface area (Å²) in [6.07, 6.45) is 10.9. The Labute approximate surface area is 178 Å². The van der Waals surface area contributed by atoms with Crippen molar-refractivity contribution in [1.29, 1.82) is 0 Å². The molecule has 1 saturated carbocycles. The van der Waals surface area contributed by atoms with Crippen LogP contribution in [-0.4, -0.2) is 39.7 Å². The first kappa shape index (κ1) is 22.0. The van der Waals surface area contributed by atoms with E-state index in [1.807, 2.05) is 6.20 Å². The molecule has 2 aliphatic carbocycles. The van der Waals surface area contributed by atoms with Gasteiger partial charge in [-0.25, -0.2) is 13.8 Å². The zero-order valence-corrected chi connectivity index (χ0v) is 17.6. The van der Waals surface area contributed by atoms with Crippen LogP contribution in [-0.2, 0) is 4.74 Å². The molecule has 31 heavy (non-hydrogen) atoms. The van der Waals surface area contributed by atoms with Crippen molar-refractivity contribution in [1.82, 2.24) is 14.5 Å². The maximum atomic E-state index is 13.7. The summed E-state index contributed by atoms with van der Waals surface area (Å²) in [7, 11) is 0. The number of halogens is 4. The molecule has 0 spiro atoms. The minimum absolute atomic E-state index is 0.156. The van der Waals surface area contributed by atoms with Crippen LogP contribution in [0.1, 0.15) is 69.9 Å². The van der Waals surface area contributed by atoms with E-state index in [9.17, 15) is 17.6 Å². The second kappa shape index (κ2) is 9.14. The van der Waals surface area contributed by atoms with Crippen molar-refractivity contribution in [2.24, 2.45) is 0 Å². The van der Waals surface area contributed by atoms with Gasteiger partial charge in [0.25, 0.3) is 5.92 Å². The number of rotatable bonds is 7. The lowest BCUT2D eigenvalue weighted by atomic mass is 9.92. The summed E-state index contributed by atoms with van der Waals surface area (Å²) in [6, 6.07) is -0.0923. The molecule has 2 aliphatic rings. The standard InChI is InChI=1S/C22H28F4N4O/c1-14(13-31-20(23)24)28-21-27-11-17-18(15-7-9-22(25,26)10-8-15)12-30(19(17)29-21)16-5-3-2-4-6-16/h7,11-12,14,16,20H,2-6,8-10,13H2,1H3,(H,27,28,29)/t14-/m0/s1. The van der Waals surface area contributed by atoms with Crippen molar-refractivity contribution < 1.29 is 22.3 Å². The van der Waals surface area contributed by atoms with Crippen molar-refractivity contribution >= 4 is 22.6 Å². The summed E-state index contributed by atoms with van der Waals surface area (Å²) in [5.41, 5.74) is 2.57. The number of anilines is 1. The number of alkyl halides is 4. The number of nitrogens with one attached hydrogen (secondary N) is 1. The molecule has 0 radical (unpaired) electrons. The average molecular weight is 440 g/mol. The average Bonchev–Trinajstić information content (AvgIpc) is 3.12. The van der Waals surface area contributed by atoms with E-state index in [0.29, 0.717) is 18.4 Å². The summed E-state index contributed by atoms with van der Waals surface area (Å²) < 4.78 is 58.4. The molecule has 0 saturated heterocycles. The third kappa shape index (κ3) is 5.19. The van der Waals surface area contributed by atoms with Gasteiger partial charge in [0.1, 0.15) is 5.65 Å². The molecule has 4 rings (SSSR count). The molecule has 0 amide bonds. The summed E-state index contributed by atoms with van der Waals surface area (Å²) in [6.45, 7) is -1.28. The summed E-state index contributed by atoms with van der Waals surface area (Å²) in [4.78, 5) is 9.05. The van der Waals surface area contributed by atoms with Gasteiger partial charge >= 0.3 is 6.61 Å². The van der Waals surface area contributed by atoms with Crippen molar-refractivity contribution in [2.75, 3.05) is 11.9 Å². The second-order valence-electron chi connectivity index (χ2n) is 8.60. The zero-order chi connectivity index (χ0) is 22.0. The van der Waals surface area contributed by atoms with Crippen LogP contribution in [0, 0.1) is 0 Å². The highest BCUT2D eigenvalue weighted by Gasteiger charge is 2.32. The van der Waals surface area contributed by atoms with Crippen molar-refractivity contribution in [3.63, 3.8) is 0 Å². The van der Waals surface area contributed by atoms with Gasteiger partial charge in [-0.3, -0.25) is 0 Å². The van der Waals surface area contributed by atoms with Gasteiger partial charge in [-0.2, -0.15) is 13.8 Å². The van der Waals surface area contributed by atoms with E-state index in [1.165, 1.54) is 6.42 Å². The lowest BCUT2D eigenvalue weighted by molar-refractivity contribution is -0.130. The first-order valence-electron chi connectivity index (χ1n) is 10.9. The highest BCUT2D eigenvalue weighted by atomic mass is 19.3. The number of hydrogen-bond acceptors (Lipinski definition) is 4. The zero-order valence-electron chi connectivity index (χ0n) is 17.6. The van der Waals surface area contributed by atoms with E-state index in [2.05, 4.69) is 24.6 Å². The normalized spacial score (nSPS) is 20.8. The van der Waals surface area contributed by atoms with Crippen molar-refractivity contribution in [3.05, 3.63) is 24.0 Å². The highest BCUT2D eigenvalue weighted by molar-refractivity contribution is 5.91. The molecule has 0 aromatic carbocycles. The van der Waals surface area contributed by atoms with Gasteiger partial charge in [-0.1, -0.05) is 25.3 Å². The Balaban J connectivity index is 1.66. The van der Waals surface area contributed by atoms with Crippen LogP contribution < -0.4 is 5.32 Å². The molecule has 1 N–H and O–H groups in total. The highest BCUT2D eigenvalue weighted by Crippen LogP contribution is 2.40. The predicted molar refractivity (Wildman–Crippen MR) is 111 cm³/mol. The Morgan fingerprint density at radius 3 is 2.71 bits per heavy atom. The van der Waals surface area contributed by atoms with Gasteiger partial charge in [0.05, 0.1) is 6.61 Å². The molecule has 0 bridgehead atoms. The fourth-order valence-corrected chi connectivity index (χ4v) is 4.51. The van der Waals surface area contributed by atoms with Crippen LogP contribution in [0.15, 0.2) is 18.5 Å². The third-order valence-corrected chi connectivity index (χ3v) is 6.14. The number of ether oxygens (including phenoxy) is 1. The maximum absolute atomic E-state index is 13.7. The van der Waals surface area contributed by atoms with Gasteiger partial charge in [0, 0.05) is 48.3 Å². The Kier molecular flexibility index (Phi) is 6.50. The van der Waals surface area contributed by atoms with Gasteiger partial charge in [-0.15, -0.1) is 0 Å². The fourth-order valence-electron chi connectivity index (χ4n) is 4.51. The van der Waals surface area contributed by atoms with Crippen molar-refractivity contribution in [2.45, 2.75) is 82.9 Å². The topological polar surface area (TPSA) is 52.0 Å². The number of fused-ring (bicyclic) bond motifs is 1. The molecule has 0 unspecified atom stereocenters. The van der Waals surface area contributed by atoms with E-state index in [-0.39, 0.29) is 19.4 Å². The van der Waals surface area contributed by atoms with Gasteiger partial charge in [-0.05, 0) is 31.8 Å². The number of aromatic nitrogens is 3. The lowest BCUT2D eigenvalue weighted by Crippen LogP contribution is -2.24. The molecule has 170 valence electrons. The number of nitrogens with zero attached hydrogens (tertiary/aromatic N) is 3.